The molecule has 182 valence electrons. The number of para-hydroxylation sites is 1. The molecule has 3 aromatic rings. The van der Waals surface area contributed by atoms with Crippen LogP contribution in [0, 0.1) is 11.3 Å². The fraction of sp³-hybridized carbons (Fsp3) is 0.375. The largest absolute Gasteiger partial charge is 0.423 e. The number of rotatable bonds is 13. The van der Waals surface area contributed by atoms with Crippen molar-refractivity contribution in [1.82, 2.24) is 0 Å². The van der Waals surface area contributed by atoms with Gasteiger partial charge in [-0.2, -0.15) is 5.26 Å². The second-order valence-corrected chi connectivity index (χ2v) is 9.12. The monoisotopic (exact) mass is 467 g/mol. The lowest BCUT2D eigenvalue weighted by Crippen LogP contribution is -2.15. The van der Waals surface area contributed by atoms with Crippen LogP contribution >= 0.6 is 0 Å². The van der Waals surface area contributed by atoms with Crippen LogP contribution < -0.4 is 4.74 Å². The van der Waals surface area contributed by atoms with Crippen molar-refractivity contribution in [3.8, 4) is 22.9 Å². The first kappa shape index (κ1) is 26.2. The SMILES string of the molecule is CCCCCCC(C#N)c1ccccc1OC(=O)c1c(CCCCC)cccc1-c1ccccc1. The van der Waals surface area contributed by atoms with E-state index in [1.165, 1.54) is 6.42 Å². The lowest BCUT2D eigenvalue weighted by Gasteiger charge is -2.17. The molecule has 3 rings (SSSR count). The van der Waals surface area contributed by atoms with Gasteiger partial charge >= 0.3 is 5.97 Å². The molecule has 0 aliphatic heterocycles. The number of carbonyl (C=O) groups is 1. The molecule has 0 heterocycles. The lowest BCUT2D eigenvalue weighted by atomic mass is 9.92. The minimum atomic E-state index is -0.355. The summed E-state index contributed by atoms with van der Waals surface area (Å²) in [5.41, 5.74) is 4.32. The highest BCUT2D eigenvalue weighted by molar-refractivity contribution is 6.00. The zero-order valence-electron chi connectivity index (χ0n) is 21.1. The van der Waals surface area contributed by atoms with Crippen LogP contribution in [0.15, 0.2) is 72.8 Å². The zero-order chi connectivity index (χ0) is 24.9. The summed E-state index contributed by atoms with van der Waals surface area (Å²) in [5, 5.41) is 9.88. The van der Waals surface area contributed by atoms with Gasteiger partial charge in [0.05, 0.1) is 17.6 Å². The van der Waals surface area contributed by atoms with Gasteiger partial charge in [-0.15, -0.1) is 0 Å². The molecular weight excluding hydrogens is 430 g/mol. The van der Waals surface area contributed by atoms with Crippen molar-refractivity contribution in [2.24, 2.45) is 0 Å². The van der Waals surface area contributed by atoms with Gasteiger partial charge in [-0.25, -0.2) is 4.79 Å². The maximum atomic E-state index is 13.7. The topological polar surface area (TPSA) is 50.1 Å². The van der Waals surface area contributed by atoms with Gasteiger partial charge in [-0.05, 0) is 42.0 Å². The Bertz CT molecular complexity index is 1110. The Labute approximate surface area is 210 Å². The van der Waals surface area contributed by atoms with Crippen molar-refractivity contribution >= 4 is 5.97 Å². The van der Waals surface area contributed by atoms with Crippen molar-refractivity contribution in [1.29, 1.82) is 5.26 Å². The minimum absolute atomic E-state index is 0.288. The Morgan fingerprint density at radius 3 is 2.29 bits per heavy atom. The van der Waals surface area contributed by atoms with Crippen LogP contribution in [0.2, 0.25) is 0 Å². The Morgan fingerprint density at radius 2 is 1.54 bits per heavy atom. The van der Waals surface area contributed by atoms with E-state index in [0.29, 0.717) is 11.3 Å². The number of carbonyl (C=O) groups excluding carboxylic acids is 1. The fourth-order valence-electron chi connectivity index (χ4n) is 4.55. The molecular formula is C32H37NO2. The third-order valence-electron chi connectivity index (χ3n) is 6.49. The number of benzene rings is 3. The van der Waals surface area contributed by atoms with Gasteiger partial charge in [0.15, 0.2) is 0 Å². The Morgan fingerprint density at radius 1 is 0.829 bits per heavy atom. The fourth-order valence-corrected chi connectivity index (χ4v) is 4.55. The van der Waals surface area contributed by atoms with Gasteiger partial charge in [-0.1, -0.05) is 119 Å². The molecule has 0 aliphatic rings. The van der Waals surface area contributed by atoms with Gasteiger partial charge in [-0.3, -0.25) is 0 Å². The summed E-state index contributed by atoms with van der Waals surface area (Å²) in [6, 6.07) is 26.0. The van der Waals surface area contributed by atoms with Crippen LogP contribution in [0.25, 0.3) is 11.1 Å². The molecule has 0 saturated heterocycles. The summed E-state index contributed by atoms with van der Waals surface area (Å²) in [6.07, 6.45) is 9.31. The molecule has 0 spiro atoms. The molecule has 0 fully saturated rings. The van der Waals surface area contributed by atoms with Gasteiger partial charge in [0, 0.05) is 5.56 Å². The predicted octanol–water partition coefficient (Wildman–Crippen LogP) is 8.88. The summed E-state index contributed by atoms with van der Waals surface area (Å²) in [4.78, 5) is 13.7. The Kier molecular flexibility index (Phi) is 10.6. The van der Waals surface area contributed by atoms with E-state index in [9.17, 15) is 10.1 Å². The van der Waals surface area contributed by atoms with E-state index in [4.69, 9.17) is 4.74 Å². The van der Waals surface area contributed by atoms with E-state index in [-0.39, 0.29) is 11.9 Å². The zero-order valence-corrected chi connectivity index (χ0v) is 21.1. The highest BCUT2D eigenvalue weighted by Gasteiger charge is 2.22. The molecule has 35 heavy (non-hydrogen) atoms. The quantitative estimate of drug-likeness (QED) is 0.143. The first-order chi connectivity index (χ1) is 17.2. The molecule has 1 unspecified atom stereocenters. The average Bonchev–Trinajstić information content (AvgIpc) is 2.90. The maximum absolute atomic E-state index is 13.7. The van der Waals surface area contributed by atoms with Gasteiger partial charge in [0.2, 0.25) is 0 Å². The van der Waals surface area contributed by atoms with Crippen LogP contribution in [-0.2, 0) is 6.42 Å². The maximum Gasteiger partial charge on any atom is 0.344 e. The van der Waals surface area contributed by atoms with Crippen LogP contribution in [-0.4, -0.2) is 5.97 Å². The van der Waals surface area contributed by atoms with E-state index in [2.05, 4.69) is 19.9 Å². The van der Waals surface area contributed by atoms with E-state index >= 15 is 0 Å². The van der Waals surface area contributed by atoms with Crippen LogP contribution in [0.5, 0.6) is 5.75 Å². The van der Waals surface area contributed by atoms with Crippen molar-refractivity contribution in [3.63, 3.8) is 0 Å². The number of nitriles is 1. The van der Waals surface area contributed by atoms with E-state index in [1.807, 2.05) is 72.8 Å². The minimum Gasteiger partial charge on any atom is -0.423 e. The van der Waals surface area contributed by atoms with Gasteiger partial charge < -0.3 is 4.74 Å². The van der Waals surface area contributed by atoms with Crippen molar-refractivity contribution in [2.75, 3.05) is 0 Å². The Balaban J connectivity index is 1.93. The second-order valence-electron chi connectivity index (χ2n) is 9.12. The van der Waals surface area contributed by atoms with Gasteiger partial charge in [0.25, 0.3) is 0 Å². The lowest BCUT2D eigenvalue weighted by molar-refractivity contribution is 0.0732. The average molecular weight is 468 g/mol. The number of unbranched alkanes of at least 4 members (excludes halogenated alkanes) is 5. The molecule has 3 aromatic carbocycles. The van der Waals surface area contributed by atoms with Crippen molar-refractivity contribution < 1.29 is 9.53 Å². The number of hydrogen-bond acceptors (Lipinski definition) is 3. The number of aryl methyl sites for hydroxylation is 1. The van der Waals surface area contributed by atoms with Crippen LogP contribution in [0.1, 0.15) is 92.6 Å². The summed E-state index contributed by atoms with van der Waals surface area (Å²) in [7, 11) is 0. The van der Waals surface area contributed by atoms with E-state index < -0.39 is 0 Å². The molecule has 0 radical (unpaired) electrons. The van der Waals surface area contributed by atoms with Crippen LogP contribution in [0.4, 0.5) is 0 Å². The number of ether oxygens (including phenoxy) is 1. The standard InChI is InChI=1S/C32H37NO2/c1-3-5-7-10-19-27(24-33)28-21-13-14-23-30(28)35-32(34)31-26(18-9-6-4-2)20-15-22-29(31)25-16-11-8-12-17-25/h8,11-17,20-23,27H,3-7,9-10,18-19H2,1-2H3. The summed E-state index contributed by atoms with van der Waals surface area (Å²) < 4.78 is 6.06. The molecule has 1 atom stereocenters. The van der Waals surface area contributed by atoms with Crippen LogP contribution in [0.3, 0.4) is 0 Å². The summed E-state index contributed by atoms with van der Waals surface area (Å²) in [5.74, 6) is -0.155. The predicted molar refractivity (Wildman–Crippen MR) is 144 cm³/mol. The highest BCUT2D eigenvalue weighted by Crippen LogP contribution is 2.33. The third-order valence-corrected chi connectivity index (χ3v) is 6.49. The summed E-state index contributed by atoms with van der Waals surface area (Å²) >= 11 is 0. The number of hydrogen-bond donors (Lipinski definition) is 0. The highest BCUT2D eigenvalue weighted by atomic mass is 16.5. The molecule has 3 heteroatoms. The second kappa shape index (κ2) is 14.1. The molecule has 0 aliphatic carbocycles. The Hall–Kier alpha value is -3.38. The molecule has 3 nitrogen and oxygen atoms in total. The first-order valence-electron chi connectivity index (χ1n) is 13.1. The van der Waals surface area contributed by atoms with Crippen molar-refractivity contribution in [3.05, 3.63) is 89.5 Å². The normalized spacial score (nSPS) is 11.6. The number of esters is 1. The number of nitrogens with zero attached hydrogens (tertiary/aromatic N) is 1. The molecule has 0 amide bonds. The van der Waals surface area contributed by atoms with Crippen molar-refractivity contribution in [2.45, 2.75) is 77.6 Å². The van der Waals surface area contributed by atoms with Gasteiger partial charge in [0.1, 0.15) is 5.75 Å². The molecule has 0 N–H and O–H groups in total. The van der Waals surface area contributed by atoms with E-state index in [0.717, 1.165) is 73.6 Å². The smallest absolute Gasteiger partial charge is 0.344 e. The first-order valence-corrected chi connectivity index (χ1v) is 13.1. The van der Waals surface area contributed by atoms with E-state index in [1.54, 1.807) is 0 Å². The molecule has 0 saturated carbocycles. The molecule has 0 aromatic heterocycles. The summed E-state index contributed by atoms with van der Waals surface area (Å²) in [6.45, 7) is 4.36. The third kappa shape index (κ3) is 7.30. The molecule has 0 bridgehead atoms.